The molecule has 15 aromatic carbocycles. The van der Waals surface area contributed by atoms with E-state index in [4.69, 9.17) is 0 Å². The molecule has 0 spiro atoms. The molecular formula is C105H82N6. The number of benzene rings is 15. The van der Waals surface area contributed by atoms with E-state index >= 15 is 0 Å². The first-order valence-electron chi connectivity index (χ1n) is 38.6. The minimum Gasteiger partial charge on any atom is -0.309 e. The van der Waals surface area contributed by atoms with Crippen molar-refractivity contribution in [1.82, 2.24) is 9.13 Å². The third-order valence-electron chi connectivity index (χ3n) is 23.2. The van der Waals surface area contributed by atoms with Crippen LogP contribution in [0.15, 0.2) is 328 Å². The van der Waals surface area contributed by atoms with Crippen LogP contribution < -0.4 is 9.80 Å². The first kappa shape index (κ1) is 68.0. The second-order valence-electron chi connectivity index (χ2n) is 33.1. The van der Waals surface area contributed by atoms with E-state index in [0.717, 1.165) is 157 Å². The molecule has 532 valence electrons. The van der Waals surface area contributed by atoms with Crippen LogP contribution in [0.5, 0.6) is 0 Å². The molecule has 0 radical (unpaired) electrons. The molecule has 0 saturated heterocycles. The van der Waals surface area contributed by atoms with Crippen molar-refractivity contribution in [1.29, 1.82) is 10.5 Å². The fourth-order valence-corrected chi connectivity index (χ4v) is 17.7. The fraction of sp³-hybridized carbons (Fsp3) is 0.124. The second-order valence-corrected chi connectivity index (χ2v) is 33.1. The molecule has 2 aliphatic rings. The van der Waals surface area contributed by atoms with Gasteiger partial charge >= 0.3 is 0 Å². The smallest absolute Gasteiger partial charge is 0.0998 e. The summed E-state index contributed by atoms with van der Waals surface area (Å²) in [6, 6.07) is 126. The summed E-state index contributed by atoms with van der Waals surface area (Å²) in [4.78, 5) is 5.34. The predicted molar refractivity (Wildman–Crippen MR) is 464 cm³/mol. The van der Waals surface area contributed by atoms with E-state index in [2.05, 4.69) is 397 Å². The highest BCUT2D eigenvalue weighted by molar-refractivity contribution is 6.13. The van der Waals surface area contributed by atoms with E-state index in [0.29, 0.717) is 11.1 Å². The van der Waals surface area contributed by atoms with Gasteiger partial charge in [0.05, 0.1) is 79.5 Å². The third kappa shape index (κ3) is 11.3. The molecule has 0 saturated carbocycles. The van der Waals surface area contributed by atoms with Crippen LogP contribution >= 0.6 is 0 Å². The maximum absolute atomic E-state index is 11.1. The number of para-hydroxylation sites is 4. The van der Waals surface area contributed by atoms with Crippen molar-refractivity contribution >= 4 is 77.7 Å². The number of nitriles is 2. The Hall–Kier alpha value is -13.5. The molecule has 4 heterocycles. The molecule has 6 nitrogen and oxygen atoms in total. The van der Waals surface area contributed by atoms with E-state index in [1.807, 2.05) is 24.3 Å². The van der Waals surface area contributed by atoms with Gasteiger partial charge in [0, 0.05) is 66.7 Å². The van der Waals surface area contributed by atoms with Crippen molar-refractivity contribution < 1.29 is 0 Å². The Morgan fingerprint density at radius 2 is 0.586 bits per heavy atom. The van der Waals surface area contributed by atoms with Crippen LogP contribution in [0.4, 0.5) is 34.1 Å². The van der Waals surface area contributed by atoms with Gasteiger partial charge in [-0.15, -0.1) is 0 Å². The topological polar surface area (TPSA) is 63.9 Å². The molecule has 0 amide bonds. The van der Waals surface area contributed by atoms with Crippen LogP contribution in [0.25, 0.3) is 122 Å². The van der Waals surface area contributed by atoms with Gasteiger partial charge in [-0.25, -0.2) is 0 Å². The Balaban J connectivity index is 1.02. The molecule has 111 heavy (non-hydrogen) atoms. The van der Waals surface area contributed by atoms with Crippen LogP contribution in [0.3, 0.4) is 0 Å². The van der Waals surface area contributed by atoms with Gasteiger partial charge in [0.25, 0.3) is 0 Å². The van der Waals surface area contributed by atoms with Crippen molar-refractivity contribution in [2.24, 2.45) is 0 Å². The summed E-state index contributed by atoms with van der Waals surface area (Å²) >= 11 is 0. The summed E-state index contributed by atoms with van der Waals surface area (Å²) in [6.07, 6.45) is 0. The van der Waals surface area contributed by atoms with Crippen molar-refractivity contribution in [3.8, 4) is 90.3 Å². The number of rotatable bonds is 10. The zero-order chi connectivity index (χ0) is 75.8. The molecule has 0 fully saturated rings. The molecule has 6 heteroatoms. The molecule has 2 aliphatic heterocycles. The van der Waals surface area contributed by atoms with Gasteiger partial charge in [-0.05, 0) is 186 Å². The van der Waals surface area contributed by atoms with E-state index in [1.165, 1.54) is 32.7 Å². The molecular weight excluding hydrogens is 1350 g/mol. The number of aromatic nitrogens is 2. The Morgan fingerprint density at radius 3 is 0.946 bits per heavy atom. The minimum atomic E-state index is -0.428. The van der Waals surface area contributed by atoms with Gasteiger partial charge in [-0.3, -0.25) is 0 Å². The Kier molecular flexibility index (Phi) is 16.0. The number of hydrogen-bond acceptors (Lipinski definition) is 4. The van der Waals surface area contributed by atoms with Crippen molar-refractivity contribution in [2.75, 3.05) is 9.80 Å². The maximum atomic E-state index is 11.1. The Labute approximate surface area is 649 Å². The zero-order valence-electron chi connectivity index (χ0n) is 63.9. The number of nitrogens with zero attached hydrogens (tertiary/aromatic N) is 6. The molecule has 0 bridgehead atoms. The Bertz CT molecular complexity index is 6250. The largest absolute Gasteiger partial charge is 0.309 e. The van der Waals surface area contributed by atoms with Gasteiger partial charge in [-0.1, -0.05) is 293 Å². The normalized spacial score (nSPS) is 12.8. The van der Waals surface area contributed by atoms with Gasteiger partial charge in [0.1, 0.15) is 0 Å². The SMILES string of the molecule is CC(C)(C)c1cccc(-c2cc(-c3ccccc3C#N)cc(-c3ccccc3)c2N2c3cc(-n4c5ccccc5c5ccccc54)ccc3C3c4ccc(-n5c6ccccc6c6ccccc65)cc4N(c4c(-c5ccccc5)cc(-c5ccccc5C#N)cc4-c4cccc(C(C)(C)C)c4)c4cc(C(C)(C)C)cc2c43)c1. The highest BCUT2D eigenvalue weighted by atomic mass is 15.2. The number of fused-ring (bicyclic) bond motifs is 10. The van der Waals surface area contributed by atoms with Crippen LogP contribution in [0.2, 0.25) is 0 Å². The lowest BCUT2D eigenvalue weighted by atomic mass is 9.73. The number of hydrogen-bond donors (Lipinski definition) is 0. The van der Waals surface area contributed by atoms with Gasteiger partial charge in [0.15, 0.2) is 0 Å². The van der Waals surface area contributed by atoms with Crippen LogP contribution in [0, 0.1) is 22.7 Å². The molecule has 0 N–H and O–H groups in total. The van der Waals surface area contributed by atoms with Gasteiger partial charge < -0.3 is 18.9 Å². The highest BCUT2D eigenvalue weighted by Crippen LogP contribution is 2.65. The van der Waals surface area contributed by atoms with E-state index < -0.39 is 5.41 Å². The summed E-state index contributed by atoms with van der Waals surface area (Å²) in [5, 5.41) is 27.0. The van der Waals surface area contributed by atoms with E-state index in [-0.39, 0.29) is 16.7 Å². The predicted octanol–water partition coefficient (Wildman–Crippen LogP) is 28.3. The molecule has 17 aromatic rings. The third-order valence-corrected chi connectivity index (χ3v) is 23.2. The molecule has 0 unspecified atom stereocenters. The standard InChI is InChI=1S/C105H82N6/c1-103(2,3)74-38-28-36-68(54-74)89-58-72(79-40-18-16-34-70(79)64-106)56-87(66-30-12-10-13-31-66)101(89)110-95-62-77(108-91-46-24-20-42-81(91)82-43-21-25-47-92(82)108)50-52-85(95)99-86-53-51-78(109-93-48-26-22-44-83(93)84-45-23-27-49-94(84)109)63-96(86)111(98-61-76(105(7,8)9)60-97(110)100(98)99)102-88(67-32-14-11-15-33-67)57-73(80-41-19-17-35-71(80)65-107)59-90(102)69-37-29-39-75(55-69)104(4,5)6/h10-63,99H,1-9H3. The van der Waals surface area contributed by atoms with Crippen molar-refractivity contribution in [2.45, 2.75) is 84.5 Å². The van der Waals surface area contributed by atoms with E-state index in [9.17, 15) is 10.5 Å². The molecule has 0 aliphatic carbocycles. The lowest BCUT2D eigenvalue weighted by molar-refractivity contribution is 0.589. The van der Waals surface area contributed by atoms with E-state index in [1.54, 1.807) is 0 Å². The average molecular weight is 1430 g/mol. The molecule has 19 rings (SSSR count). The quantitative estimate of drug-likeness (QED) is 0.137. The van der Waals surface area contributed by atoms with Crippen LogP contribution in [-0.2, 0) is 16.2 Å². The zero-order valence-corrected chi connectivity index (χ0v) is 63.9. The first-order chi connectivity index (χ1) is 53.9. The molecule has 2 aromatic heterocycles. The molecule has 0 atom stereocenters. The average Bonchev–Trinajstić information content (AvgIpc) is 1.23. The van der Waals surface area contributed by atoms with Gasteiger partial charge in [-0.2, -0.15) is 10.5 Å². The van der Waals surface area contributed by atoms with Gasteiger partial charge in [0.2, 0.25) is 0 Å². The fourth-order valence-electron chi connectivity index (χ4n) is 17.7. The van der Waals surface area contributed by atoms with Crippen molar-refractivity contribution in [3.63, 3.8) is 0 Å². The summed E-state index contributed by atoms with van der Waals surface area (Å²) in [7, 11) is 0. The van der Waals surface area contributed by atoms with Crippen LogP contribution in [0.1, 0.15) is 113 Å². The maximum Gasteiger partial charge on any atom is 0.0998 e. The summed E-state index contributed by atoms with van der Waals surface area (Å²) in [6.45, 7) is 20.9. The number of anilines is 6. The monoisotopic (exact) mass is 1430 g/mol. The minimum absolute atomic E-state index is 0.202. The lowest BCUT2D eigenvalue weighted by Crippen LogP contribution is -2.31. The Morgan fingerprint density at radius 1 is 0.261 bits per heavy atom. The van der Waals surface area contributed by atoms with Crippen molar-refractivity contribution in [3.05, 3.63) is 372 Å². The first-order valence-corrected chi connectivity index (χ1v) is 38.6. The lowest BCUT2D eigenvalue weighted by Gasteiger charge is -2.47. The summed E-state index contributed by atoms with van der Waals surface area (Å²) in [5.74, 6) is -0.342. The highest BCUT2D eigenvalue weighted by Gasteiger charge is 2.45. The summed E-state index contributed by atoms with van der Waals surface area (Å²) < 4.78 is 4.94. The van der Waals surface area contributed by atoms with Crippen LogP contribution in [-0.4, -0.2) is 9.13 Å². The second kappa shape index (κ2) is 26.1. The summed E-state index contributed by atoms with van der Waals surface area (Å²) in [5.41, 5.74) is 32.2.